The maximum absolute atomic E-state index is 12.4. The molecule has 0 heterocycles. The number of phenols is 1. The molecule has 0 atom stereocenters. The molecule has 0 bridgehead atoms. The van der Waals surface area contributed by atoms with E-state index in [2.05, 4.69) is 0 Å². The smallest absolute Gasteiger partial charge is 0.338 e. The summed E-state index contributed by atoms with van der Waals surface area (Å²) in [5, 5.41) is 11.0. The normalized spacial score (nSPS) is 10.4. The number of hydrogen-bond donors (Lipinski definition) is 1. The van der Waals surface area contributed by atoms with Gasteiger partial charge in [-0.1, -0.05) is 24.3 Å². The number of phenolic OH excluding ortho intramolecular Hbond substituents is 1. The monoisotopic (exact) mass is 378 g/mol. The number of benzene rings is 3. The molecule has 5 heteroatoms. The van der Waals surface area contributed by atoms with Gasteiger partial charge in [0, 0.05) is 11.1 Å². The molecule has 0 aromatic heterocycles. The van der Waals surface area contributed by atoms with E-state index in [1.165, 1.54) is 0 Å². The van der Waals surface area contributed by atoms with Crippen LogP contribution in [0, 0.1) is 0 Å². The number of methoxy groups -OCH3 is 2. The van der Waals surface area contributed by atoms with Crippen LogP contribution in [0.25, 0.3) is 22.3 Å². The summed E-state index contributed by atoms with van der Waals surface area (Å²) < 4.78 is 15.6. The second-order valence-electron chi connectivity index (χ2n) is 6.10. The molecular weight excluding hydrogens is 356 g/mol. The van der Waals surface area contributed by atoms with Crippen molar-refractivity contribution in [2.75, 3.05) is 20.8 Å². The van der Waals surface area contributed by atoms with Crippen LogP contribution in [-0.4, -0.2) is 31.9 Å². The summed E-state index contributed by atoms with van der Waals surface area (Å²) >= 11 is 0. The highest BCUT2D eigenvalue weighted by molar-refractivity contribution is 5.95. The SMILES string of the molecule is CCOC(=O)c1cc(-c2ccc(OC)cc2)c(O)c(-c2ccc(OC)cc2)c1. The standard InChI is InChI=1S/C23H22O5/c1-4-28-23(25)17-13-20(15-5-9-18(26-2)10-6-15)22(24)21(14-17)16-7-11-19(27-3)12-8-16/h5-14,24H,4H2,1-3H3. The van der Waals surface area contributed by atoms with E-state index in [1.807, 2.05) is 24.3 Å². The van der Waals surface area contributed by atoms with Gasteiger partial charge in [0.05, 0.1) is 26.4 Å². The number of hydrogen-bond acceptors (Lipinski definition) is 5. The minimum Gasteiger partial charge on any atom is -0.507 e. The summed E-state index contributed by atoms with van der Waals surface area (Å²) in [5.41, 5.74) is 2.98. The molecule has 0 unspecified atom stereocenters. The van der Waals surface area contributed by atoms with Crippen molar-refractivity contribution >= 4 is 5.97 Å². The Morgan fingerprint density at radius 1 is 0.821 bits per heavy atom. The lowest BCUT2D eigenvalue weighted by Gasteiger charge is -2.14. The fourth-order valence-corrected chi connectivity index (χ4v) is 2.95. The van der Waals surface area contributed by atoms with E-state index in [4.69, 9.17) is 14.2 Å². The van der Waals surface area contributed by atoms with Gasteiger partial charge in [0.1, 0.15) is 17.2 Å². The van der Waals surface area contributed by atoms with Crippen molar-refractivity contribution in [2.24, 2.45) is 0 Å². The number of carbonyl (C=O) groups is 1. The maximum atomic E-state index is 12.4. The van der Waals surface area contributed by atoms with Crippen LogP contribution in [-0.2, 0) is 4.74 Å². The summed E-state index contributed by atoms with van der Waals surface area (Å²) in [6.07, 6.45) is 0. The van der Waals surface area contributed by atoms with Crippen molar-refractivity contribution in [2.45, 2.75) is 6.92 Å². The second-order valence-corrected chi connectivity index (χ2v) is 6.10. The second kappa shape index (κ2) is 8.48. The molecule has 5 nitrogen and oxygen atoms in total. The van der Waals surface area contributed by atoms with Gasteiger partial charge in [-0.25, -0.2) is 4.79 Å². The Bertz CT molecular complexity index is 891. The Balaban J connectivity index is 2.16. The van der Waals surface area contributed by atoms with Crippen LogP contribution in [0.5, 0.6) is 17.2 Å². The van der Waals surface area contributed by atoms with Gasteiger partial charge in [0.2, 0.25) is 0 Å². The topological polar surface area (TPSA) is 65.0 Å². The van der Waals surface area contributed by atoms with Gasteiger partial charge in [-0.2, -0.15) is 0 Å². The third kappa shape index (κ3) is 3.93. The molecule has 0 saturated carbocycles. The lowest BCUT2D eigenvalue weighted by Crippen LogP contribution is -2.05. The summed E-state index contributed by atoms with van der Waals surface area (Å²) in [7, 11) is 3.19. The summed E-state index contributed by atoms with van der Waals surface area (Å²) in [5.74, 6) is 1.07. The van der Waals surface area contributed by atoms with E-state index < -0.39 is 5.97 Å². The van der Waals surface area contributed by atoms with E-state index in [9.17, 15) is 9.90 Å². The highest BCUT2D eigenvalue weighted by atomic mass is 16.5. The predicted molar refractivity (Wildman–Crippen MR) is 108 cm³/mol. The molecule has 144 valence electrons. The molecule has 28 heavy (non-hydrogen) atoms. The molecule has 0 amide bonds. The fraction of sp³-hybridized carbons (Fsp3) is 0.174. The zero-order chi connectivity index (χ0) is 20.1. The van der Waals surface area contributed by atoms with Gasteiger partial charge < -0.3 is 19.3 Å². The lowest BCUT2D eigenvalue weighted by molar-refractivity contribution is 0.0526. The van der Waals surface area contributed by atoms with Crippen molar-refractivity contribution in [3.63, 3.8) is 0 Å². The predicted octanol–water partition coefficient (Wildman–Crippen LogP) is 4.92. The van der Waals surface area contributed by atoms with Crippen molar-refractivity contribution in [1.82, 2.24) is 0 Å². The Kier molecular flexibility index (Phi) is 5.84. The van der Waals surface area contributed by atoms with Gasteiger partial charge >= 0.3 is 5.97 Å². The van der Waals surface area contributed by atoms with Crippen LogP contribution in [0.3, 0.4) is 0 Å². The molecule has 0 aliphatic carbocycles. The van der Waals surface area contributed by atoms with Gasteiger partial charge in [0.15, 0.2) is 0 Å². The highest BCUT2D eigenvalue weighted by Gasteiger charge is 2.18. The van der Waals surface area contributed by atoms with Crippen LogP contribution in [0.15, 0.2) is 60.7 Å². The number of ether oxygens (including phenoxy) is 3. The van der Waals surface area contributed by atoms with Crippen LogP contribution in [0.4, 0.5) is 0 Å². The van der Waals surface area contributed by atoms with Gasteiger partial charge in [-0.15, -0.1) is 0 Å². The third-order valence-corrected chi connectivity index (χ3v) is 4.42. The fourth-order valence-electron chi connectivity index (χ4n) is 2.95. The summed E-state index contributed by atoms with van der Waals surface area (Å²) in [4.78, 5) is 12.4. The number of carbonyl (C=O) groups excluding carboxylic acids is 1. The molecular formula is C23H22O5. The molecule has 0 fully saturated rings. The van der Waals surface area contributed by atoms with Crippen molar-refractivity contribution in [3.8, 4) is 39.5 Å². The quantitative estimate of drug-likeness (QED) is 0.617. The number of rotatable bonds is 6. The number of esters is 1. The van der Waals surface area contributed by atoms with Crippen LogP contribution < -0.4 is 9.47 Å². The first-order chi connectivity index (χ1) is 13.6. The summed E-state index contributed by atoms with van der Waals surface area (Å²) in [6, 6.07) is 17.8. The van der Waals surface area contributed by atoms with Crippen molar-refractivity contribution in [3.05, 3.63) is 66.2 Å². The Hall–Kier alpha value is -3.47. The Morgan fingerprint density at radius 2 is 1.25 bits per heavy atom. The van der Waals surface area contributed by atoms with Crippen molar-refractivity contribution < 1.29 is 24.1 Å². The van der Waals surface area contributed by atoms with Gasteiger partial charge in [0.25, 0.3) is 0 Å². The largest absolute Gasteiger partial charge is 0.507 e. The van der Waals surface area contributed by atoms with Gasteiger partial charge in [-0.3, -0.25) is 0 Å². The van der Waals surface area contributed by atoms with E-state index >= 15 is 0 Å². The molecule has 0 saturated heterocycles. The molecule has 1 N–H and O–H groups in total. The van der Waals surface area contributed by atoms with Crippen LogP contribution in [0.1, 0.15) is 17.3 Å². The Labute approximate surface area is 164 Å². The van der Waals surface area contributed by atoms with Crippen LogP contribution >= 0.6 is 0 Å². The van der Waals surface area contributed by atoms with Crippen LogP contribution in [0.2, 0.25) is 0 Å². The average Bonchev–Trinajstić information content (AvgIpc) is 2.74. The third-order valence-electron chi connectivity index (χ3n) is 4.42. The first kappa shape index (κ1) is 19.3. The summed E-state index contributed by atoms with van der Waals surface area (Å²) in [6.45, 7) is 2.03. The van der Waals surface area contributed by atoms with Gasteiger partial charge in [-0.05, 0) is 54.4 Å². The maximum Gasteiger partial charge on any atom is 0.338 e. The molecule has 3 rings (SSSR count). The molecule has 0 aliphatic rings. The minimum absolute atomic E-state index is 0.0865. The molecule has 3 aromatic carbocycles. The number of aromatic hydroxyl groups is 1. The van der Waals surface area contributed by atoms with E-state index in [-0.39, 0.29) is 12.4 Å². The zero-order valence-electron chi connectivity index (χ0n) is 16.1. The molecule has 0 aliphatic heterocycles. The average molecular weight is 378 g/mol. The van der Waals surface area contributed by atoms with Crippen molar-refractivity contribution in [1.29, 1.82) is 0 Å². The van der Waals surface area contributed by atoms with E-state index in [1.54, 1.807) is 57.5 Å². The highest BCUT2D eigenvalue weighted by Crippen LogP contribution is 2.40. The lowest BCUT2D eigenvalue weighted by atomic mass is 9.94. The molecule has 0 spiro atoms. The molecule has 3 aromatic rings. The minimum atomic E-state index is -0.438. The van der Waals surface area contributed by atoms with E-state index in [0.29, 0.717) is 28.2 Å². The zero-order valence-corrected chi connectivity index (χ0v) is 16.1. The first-order valence-electron chi connectivity index (χ1n) is 8.90. The Morgan fingerprint density at radius 3 is 1.61 bits per heavy atom. The first-order valence-corrected chi connectivity index (χ1v) is 8.90. The van der Waals surface area contributed by atoms with E-state index in [0.717, 1.165) is 11.1 Å². The molecule has 0 radical (unpaired) electrons.